The highest BCUT2D eigenvalue weighted by molar-refractivity contribution is 6.04. The number of hydrogen-bond donors (Lipinski definition) is 3. The lowest BCUT2D eigenvalue weighted by Crippen LogP contribution is -2.47. The van der Waals surface area contributed by atoms with Crippen molar-refractivity contribution in [1.82, 2.24) is 5.32 Å². The average Bonchev–Trinajstić information content (AvgIpc) is 2.74. The Morgan fingerprint density at radius 3 is 2.31 bits per heavy atom. The van der Waals surface area contributed by atoms with Crippen molar-refractivity contribution in [1.29, 1.82) is 0 Å². The Bertz CT molecular complexity index is 833. The number of hydrogen-bond acceptors (Lipinski definition) is 4. The fraction of sp³-hybridized carbons (Fsp3) is 0.364. The summed E-state index contributed by atoms with van der Waals surface area (Å²) in [6.07, 6.45) is 1.59. The smallest absolute Gasteiger partial charge is 0.255 e. The molecule has 0 aliphatic carbocycles. The van der Waals surface area contributed by atoms with Crippen LogP contribution in [0.1, 0.15) is 41.7 Å². The molecule has 1 heterocycles. The Labute approximate surface area is 169 Å². The Hall–Kier alpha value is -2.77. The van der Waals surface area contributed by atoms with E-state index in [9.17, 15) is 14.0 Å². The van der Waals surface area contributed by atoms with Crippen molar-refractivity contribution in [3.63, 3.8) is 0 Å². The zero-order valence-corrected chi connectivity index (χ0v) is 16.4. The van der Waals surface area contributed by atoms with Crippen molar-refractivity contribution in [2.24, 2.45) is 11.7 Å². The summed E-state index contributed by atoms with van der Waals surface area (Å²) in [6.45, 7) is 3.18. The van der Waals surface area contributed by atoms with Gasteiger partial charge >= 0.3 is 0 Å². The predicted molar refractivity (Wildman–Crippen MR) is 109 cm³/mol. The summed E-state index contributed by atoms with van der Waals surface area (Å²) in [5, 5.41) is 5.72. The number of nitrogens with two attached hydrogens (primary N) is 1. The molecule has 0 spiro atoms. The van der Waals surface area contributed by atoms with Gasteiger partial charge in [-0.1, -0.05) is 12.1 Å². The maximum atomic E-state index is 13.0. The molecule has 0 bridgehead atoms. The second-order valence-corrected chi connectivity index (χ2v) is 7.29. The number of ether oxygens (including phenoxy) is 1. The quantitative estimate of drug-likeness (QED) is 0.696. The van der Waals surface area contributed by atoms with Gasteiger partial charge in [0.2, 0.25) is 5.91 Å². The first-order valence-electron chi connectivity index (χ1n) is 9.74. The van der Waals surface area contributed by atoms with Crippen LogP contribution in [0.4, 0.5) is 10.1 Å². The second-order valence-electron chi connectivity index (χ2n) is 7.29. The summed E-state index contributed by atoms with van der Waals surface area (Å²) in [4.78, 5) is 24.7. The average molecular weight is 399 g/mol. The van der Waals surface area contributed by atoms with Gasteiger partial charge in [-0.2, -0.15) is 0 Å². The molecule has 29 heavy (non-hydrogen) atoms. The van der Waals surface area contributed by atoms with Gasteiger partial charge in [-0.25, -0.2) is 4.39 Å². The standard InChI is InChI=1S/C22H26FN3O3/c1-14(25-22(28)20(24)16-10-12-29-13-11-16)15-4-8-19(9-5-15)26-21(27)17-2-6-18(23)7-3-17/h2-9,14,16,20H,10-13,24H2,1H3,(H,25,28)(H,26,27). The molecule has 4 N–H and O–H groups in total. The third kappa shape index (κ3) is 5.62. The molecular weight excluding hydrogens is 373 g/mol. The minimum Gasteiger partial charge on any atom is -0.381 e. The third-order valence-electron chi connectivity index (χ3n) is 5.21. The van der Waals surface area contributed by atoms with Crippen molar-refractivity contribution in [3.05, 3.63) is 65.5 Å². The van der Waals surface area contributed by atoms with Crippen LogP contribution in [0.5, 0.6) is 0 Å². The summed E-state index contributed by atoms with van der Waals surface area (Å²) in [6, 6.07) is 11.8. The van der Waals surface area contributed by atoms with E-state index in [1.165, 1.54) is 24.3 Å². The van der Waals surface area contributed by atoms with Crippen LogP contribution < -0.4 is 16.4 Å². The van der Waals surface area contributed by atoms with Crippen LogP contribution in [0.15, 0.2) is 48.5 Å². The van der Waals surface area contributed by atoms with Gasteiger partial charge < -0.3 is 21.1 Å². The van der Waals surface area contributed by atoms with E-state index in [0.717, 1.165) is 18.4 Å². The second kappa shape index (κ2) is 9.62. The Morgan fingerprint density at radius 1 is 1.07 bits per heavy atom. The molecule has 1 aliphatic rings. The monoisotopic (exact) mass is 399 g/mol. The molecule has 0 saturated carbocycles. The number of anilines is 1. The number of carbonyl (C=O) groups is 2. The molecule has 7 heteroatoms. The number of rotatable bonds is 6. The fourth-order valence-corrected chi connectivity index (χ4v) is 3.34. The molecule has 6 nitrogen and oxygen atoms in total. The number of carbonyl (C=O) groups excluding carboxylic acids is 2. The van der Waals surface area contributed by atoms with Gasteiger partial charge in [0.05, 0.1) is 12.1 Å². The van der Waals surface area contributed by atoms with Crippen LogP contribution in [-0.2, 0) is 9.53 Å². The normalized spacial score (nSPS) is 16.7. The molecule has 1 saturated heterocycles. The zero-order chi connectivity index (χ0) is 20.8. The predicted octanol–water partition coefficient (Wildman–Crippen LogP) is 3.01. The van der Waals surface area contributed by atoms with Gasteiger partial charge in [0, 0.05) is 24.5 Å². The molecule has 2 aromatic rings. The first-order chi connectivity index (χ1) is 13.9. The van der Waals surface area contributed by atoms with E-state index in [1.807, 2.05) is 19.1 Å². The third-order valence-corrected chi connectivity index (χ3v) is 5.21. The van der Waals surface area contributed by atoms with E-state index in [1.54, 1.807) is 12.1 Å². The maximum absolute atomic E-state index is 13.0. The minimum atomic E-state index is -0.546. The molecule has 154 valence electrons. The molecule has 1 aliphatic heterocycles. The van der Waals surface area contributed by atoms with Crippen LogP contribution in [-0.4, -0.2) is 31.1 Å². The maximum Gasteiger partial charge on any atom is 0.255 e. The topological polar surface area (TPSA) is 93.5 Å². The molecule has 2 unspecified atom stereocenters. The lowest BCUT2D eigenvalue weighted by molar-refractivity contribution is -0.125. The summed E-state index contributed by atoms with van der Waals surface area (Å²) in [7, 11) is 0. The molecule has 1 fully saturated rings. The Balaban J connectivity index is 1.55. The zero-order valence-electron chi connectivity index (χ0n) is 16.4. The number of benzene rings is 2. The van der Waals surface area contributed by atoms with Crippen LogP contribution in [0.25, 0.3) is 0 Å². The van der Waals surface area contributed by atoms with Crippen LogP contribution >= 0.6 is 0 Å². The van der Waals surface area contributed by atoms with Crippen molar-refractivity contribution >= 4 is 17.5 Å². The lowest BCUT2D eigenvalue weighted by atomic mass is 9.91. The number of nitrogens with one attached hydrogen (secondary N) is 2. The van der Waals surface area contributed by atoms with Gasteiger partial charge in [0.15, 0.2) is 0 Å². The fourth-order valence-electron chi connectivity index (χ4n) is 3.34. The molecule has 3 rings (SSSR count). The van der Waals surface area contributed by atoms with E-state index in [-0.39, 0.29) is 23.8 Å². The van der Waals surface area contributed by atoms with Gasteiger partial charge in [-0.05, 0) is 67.6 Å². The van der Waals surface area contributed by atoms with Crippen molar-refractivity contribution in [2.45, 2.75) is 31.8 Å². The van der Waals surface area contributed by atoms with Gasteiger partial charge in [0.25, 0.3) is 5.91 Å². The van der Waals surface area contributed by atoms with E-state index >= 15 is 0 Å². The highest BCUT2D eigenvalue weighted by atomic mass is 19.1. The first kappa shape index (κ1) is 21.0. The first-order valence-corrected chi connectivity index (χ1v) is 9.74. The van der Waals surface area contributed by atoms with Gasteiger partial charge in [-0.3, -0.25) is 9.59 Å². The summed E-state index contributed by atoms with van der Waals surface area (Å²) < 4.78 is 18.3. The van der Waals surface area contributed by atoms with Crippen molar-refractivity contribution in [2.75, 3.05) is 18.5 Å². The summed E-state index contributed by atoms with van der Waals surface area (Å²) in [5.41, 5.74) is 8.01. The van der Waals surface area contributed by atoms with E-state index < -0.39 is 11.9 Å². The van der Waals surface area contributed by atoms with Gasteiger partial charge in [-0.15, -0.1) is 0 Å². The van der Waals surface area contributed by atoms with Crippen molar-refractivity contribution in [3.8, 4) is 0 Å². The highest BCUT2D eigenvalue weighted by Gasteiger charge is 2.27. The van der Waals surface area contributed by atoms with Crippen LogP contribution in [0, 0.1) is 11.7 Å². The largest absolute Gasteiger partial charge is 0.381 e. The number of halogens is 1. The molecular formula is C22H26FN3O3. The molecule has 0 radical (unpaired) electrons. The molecule has 2 aromatic carbocycles. The van der Waals surface area contributed by atoms with E-state index in [4.69, 9.17) is 10.5 Å². The SMILES string of the molecule is CC(NC(=O)C(N)C1CCOCC1)c1ccc(NC(=O)c2ccc(F)cc2)cc1. The molecule has 2 atom stereocenters. The summed E-state index contributed by atoms with van der Waals surface area (Å²) in [5.74, 6) is -0.738. The Kier molecular flexibility index (Phi) is 6.95. The van der Waals surface area contributed by atoms with E-state index in [2.05, 4.69) is 10.6 Å². The van der Waals surface area contributed by atoms with E-state index in [0.29, 0.717) is 24.5 Å². The lowest BCUT2D eigenvalue weighted by Gasteiger charge is -2.28. The van der Waals surface area contributed by atoms with Crippen LogP contribution in [0.3, 0.4) is 0 Å². The minimum absolute atomic E-state index is 0.139. The van der Waals surface area contributed by atoms with Gasteiger partial charge in [0.1, 0.15) is 5.82 Å². The van der Waals surface area contributed by atoms with Crippen molar-refractivity contribution < 1.29 is 18.7 Å². The Morgan fingerprint density at radius 2 is 1.69 bits per heavy atom. The summed E-state index contributed by atoms with van der Waals surface area (Å²) >= 11 is 0. The van der Waals surface area contributed by atoms with Crippen LogP contribution in [0.2, 0.25) is 0 Å². The highest BCUT2D eigenvalue weighted by Crippen LogP contribution is 2.20. The number of amides is 2. The molecule has 2 amide bonds. The molecule has 0 aromatic heterocycles.